The number of hydrogen-bond acceptors (Lipinski definition) is 2. The first-order chi connectivity index (χ1) is 8.07. The number of carbonyl (C=O) groups is 2. The Kier molecular flexibility index (Phi) is 3.26. The van der Waals surface area contributed by atoms with Gasteiger partial charge < -0.3 is 15.7 Å². The first kappa shape index (κ1) is 12.2. The molecule has 17 heavy (non-hydrogen) atoms. The van der Waals surface area contributed by atoms with E-state index in [1.165, 1.54) is 0 Å². The van der Waals surface area contributed by atoms with Gasteiger partial charge in [0.05, 0.1) is 5.41 Å². The molecule has 2 atom stereocenters. The maximum atomic E-state index is 11.5. The number of rotatable bonds is 5. The van der Waals surface area contributed by atoms with Crippen molar-refractivity contribution in [1.82, 2.24) is 10.6 Å². The van der Waals surface area contributed by atoms with E-state index < -0.39 is 11.4 Å². The Labute approximate surface area is 101 Å². The maximum absolute atomic E-state index is 11.5. The van der Waals surface area contributed by atoms with E-state index in [1.54, 1.807) is 0 Å². The Morgan fingerprint density at radius 1 is 1.41 bits per heavy atom. The first-order valence-corrected chi connectivity index (χ1v) is 6.35. The van der Waals surface area contributed by atoms with Gasteiger partial charge in [-0.05, 0) is 25.2 Å². The minimum absolute atomic E-state index is 0.224. The number of carboxylic acids is 1. The average molecular weight is 240 g/mol. The van der Waals surface area contributed by atoms with Crippen molar-refractivity contribution in [2.45, 2.75) is 45.1 Å². The average Bonchev–Trinajstić information content (AvgIpc) is 2.94. The highest BCUT2D eigenvalue weighted by Gasteiger charge is 2.44. The first-order valence-electron chi connectivity index (χ1n) is 6.35. The molecule has 2 fully saturated rings. The van der Waals surface area contributed by atoms with E-state index in [1.807, 2.05) is 0 Å². The Hall–Kier alpha value is -1.26. The van der Waals surface area contributed by atoms with Crippen LogP contribution in [-0.4, -0.2) is 29.7 Å². The summed E-state index contributed by atoms with van der Waals surface area (Å²) in [4.78, 5) is 22.6. The van der Waals surface area contributed by atoms with Crippen molar-refractivity contribution in [3.05, 3.63) is 0 Å². The van der Waals surface area contributed by atoms with E-state index >= 15 is 0 Å². The molecule has 2 rings (SSSR count). The van der Waals surface area contributed by atoms with Crippen LogP contribution in [0.3, 0.4) is 0 Å². The molecule has 0 saturated heterocycles. The molecular formula is C12H20N2O3. The summed E-state index contributed by atoms with van der Waals surface area (Å²) in [6.07, 6.45) is 4.42. The fourth-order valence-corrected chi connectivity index (χ4v) is 2.41. The number of hydrogen-bond donors (Lipinski definition) is 3. The zero-order valence-corrected chi connectivity index (χ0v) is 10.2. The van der Waals surface area contributed by atoms with Crippen LogP contribution < -0.4 is 10.6 Å². The zero-order chi connectivity index (χ0) is 12.5. The van der Waals surface area contributed by atoms with Crippen molar-refractivity contribution in [3.8, 4) is 0 Å². The van der Waals surface area contributed by atoms with Crippen LogP contribution in [0.25, 0.3) is 0 Å². The molecule has 0 radical (unpaired) electrons. The van der Waals surface area contributed by atoms with Gasteiger partial charge in [-0.15, -0.1) is 0 Å². The number of urea groups is 1. The van der Waals surface area contributed by atoms with Gasteiger partial charge in [0.15, 0.2) is 0 Å². The van der Waals surface area contributed by atoms with Crippen LogP contribution in [-0.2, 0) is 4.79 Å². The molecule has 0 spiro atoms. The molecular weight excluding hydrogens is 220 g/mol. The number of nitrogens with one attached hydrogen (secondary N) is 2. The lowest BCUT2D eigenvalue weighted by Crippen LogP contribution is -2.50. The molecule has 2 aliphatic carbocycles. The Bertz CT molecular complexity index is 326. The Morgan fingerprint density at radius 3 is 2.53 bits per heavy atom. The van der Waals surface area contributed by atoms with Crippen LogP contribution in [0.2, 0.25) is 0 Å². The predicted octanol–water partition coefficient (Wildman–Crippen LogP) is 1.34. The lowest BCUT2D eigenvalue weighted by atomic mass is 9.69. The molecule has 96 valence electrons. The van der Waals surface area contributed by atoms with E-state index in [9.17, 15) is 9.59 Å². The summed E-state index contributed by atoms with van der Waals surface area (Å²) in [6.45, 7) is 2.36. The van der Waals surface area contributed by atoms with Crippen LogP contribution in [0.1, 0.15) is 39.0 Å². The highest BCUT2D eigenvalue weighted by molar-refractivity contribution is 5.79. The van der Waals surface area contributed by atoms with E-state index in [0.717, 1.165) is 19.3 Å². The van der Waals surface area contributed by atoms with E-state index in [-0.39, 0.29) is 12.6 Å². The minimum Gasteiger partial charge on any atom is -0.481 e. The van der Waals surface area contributed by atoms with E-state index in [0.29, 0.717) is 24.8 Å². The molecule has 0 aromatic carbocycles. The summed E-state index contributed by atoms with van der Waals surface area (Å²) in [6, 6.07) is 0.0700. The van der Waals surface area contributed by atoms with E-state index in [4.69, 9.17) is 5.11 Å². The molecule has 0 aromatic heterocycles. The third kappa shape index (κ3) is 2.53. The molecule has 5 heteroatoms. The second-order valence-electron chi connectivity index (χ2n) is 5.28. The van der Waals surface area contributed by atoms with Gasteiger partial charge in [-0.3, -0.25) is 4.79 Å². The van der Waals surface area contributed by atoms with Crippen LogP contribution in [0.5, 0.6) is 0 Å². The van der Waals surface area contributed by atoms with Crippen LogP contribution >= 0.6 is 0 Å². The summed E-state index contributed by atoms with van der Waals surface area (Å²) in [5, 5.41) is 14.7. The van der Waals surface area contributed by atoms with Gasteiger partial charge >= 0.3 is 12.0 Å². The molecule has 0 aromatic rings. The van der Waals surface area contributed by atoms with Crippen molar-refractivity contribution < 1.29 is 14.7 Å². The van der Waals surface area contributed by atoms with Gasteiger partial charge in [0.1, 0.15) is 0 Å². The van der Waals surface area contributed by atoms with Gasteiger partial charge in [0, 0.05) is 12.6 Å². The van der Waals surface area contributed by atoms with Gasteiger partial charge in [-0.1, -0.05) is 19.8 Å². The summed E-state index contributed by atoms with van der Waals surface area (Å²) < 4.78 is 0. The number of aliphatic carboxylic acids is 1. The second kappa shape index (κ2) is 4.55. The van der Waals surface area contributed by atoms with Crippen molar-refractivity contribution >= 4 is 12.0 Å². The predicted molar refractivity (Wildman–Crippen MR) is 62.6 cm³/mol. The molecule has 2 unspecified atom stereocenters. The van der Waals surface area contributed by atoms with Crippen LogP contribution in [0.4, 0.5) is 4.79 Å². The van der Waals surface area contributed by atoms with Crippen molar-refractivity contribution in [1.29, 1.82) is 0 Å². The standard InChI is InChI=1S/C12H20N2O3/c1-2-8-6-9(8)14-11(17)13-7-12(10(15)16)4-3-5-12/h8-9H,2-7H2,1H3,(H,15,16)(H2,13,14,17). The molecule has 2 saturated carbocycles. The van der Waals surface area contributed by atoms with Crippen molar-refractivity contribution in [2.75, 3.05) is 6.54 Å². The van der Waals surface area contributed by atoms with Crippen LogP contribution in [0, 0.1) is 11.3 Å². The summed E-state index contributed by atoms with van der Waals surface area (Å²) >= 11 is 0. The quantitative estimate of drug-likeness (QED) is 0.678. The smallest absolute Gasteiger partial charge is 0.315 e. The number of amides is 2. The molecule has 0 heterocycles. The van der Waals surface area contributed by atoms with Gasteiger partial charge in [-0.25, -0.2) is 4.79 Å². The summed E-state index contributed by atoms with van der Waals surface area (Å²) in [5.74, 6) is -0.181. The lowest BCUT2D eigenvalue weighted by Gasteiger charge is -2.37. The number of carbonyl (C=O) groups excluding carboxylic acids is 1. The van der Waals surface area contributed by atoms with Gasteiger partial charge in [0.2, 0.25) is 0 Å². The highest BCUT2D eigenvalue weighted by atomic mass is 16.4. The summed E-state index contributed by atoms with van der Waals surface area (Å²) in [7, 11) is 0. The Morgan fingerprint density at radius 2 is 2.12 bits per heavy atom. The maximum Gasteiger partial charge on any atom is 0.315 e. The van der Waals surface area contributed by atoms with Crippen molar-refractivity contribution in [3.63, 3.8) is 0 Å². The SMILES string of the molecule is CCC1CC1NC(=O)NCC1(C(=O)O)CCC1. The Balaban J connectivity index is 1.71. The fourth-order valence-electron chi connectivity index (χ4n) is 2.41. The molecule has 0 bridgehead atoms. The topological polar surface area (TPSA) is 78.4 Å². The lowest BCUT2D eigenvalue weighted by molar-refractivity contribution is -0.153. The van der Waals surface area contributed by atoms with E-state index in [2.05, 4.69) is 17.6 Å². The van der Waals surface area contributed by atoms with Gasteiger partial charge in [-0.2, -0.15) is 0 Å². The van der Waals surface area contributed by atoms with Gasteiger partial charge in [0.25, 0.3) is 0 Å². The molecule has 2 amide bonds. The third-order valence-corrected chi connectivity index (χ3v) is 4.12. The second-order valence-corrected chi connectivity index (χ2v) is 5.28. The van der Waals surface area contributed by atoms with Crippen molar-refractivity contribution in [2.24, 2.45) is 11.3 Å². The fraction of sp³-hybridized carbons (Fsp3) is 0.833. The molecule has 0 aliphatic heterocycles. The largest absolute Gasteiger partial charge is 0.481 e. The van der Waals surface area contributed by atoms with Crippen LogP contribution in [0.15, 0.2) is 0 Å². The summed E-state index contributed by atoms with van der Waals surface area (Å²) in [5.41, 5.74) is -0.703. The minimum atomic E-state index is -0.790. The molecule has 5 nitrogen and oxygen atoms in total. The number of carboxylic acid groups (broad SMARTS) is 1. The molecule has 3 N–H and O–H groups in total. The monoisotopic (exact) mass is 240 g/mol. The zero-order valence-electron chi connectivity index (χ0n) is 10.2. The third-order valence-electron chi connectivity index (χ3n) is 4.12. The highest BCUT2D eigenvalue weighted by Crippen LogP contribution is 2.40. The molecule has 2 aliphatic rings. The normalized spacial score (nSPS) is 29.0.